The van der Waals surface area contributed by atoms with E-state index in [-0.39, 0.29) is 18.0 Å². The quantitative estimate of drug-likeness (QED) is 0.771. The Bertz CT molecular complexity index is 874. The van der Waals surface area contributed by atoms with Crippen LogP contribution in [0.2, 0.25) is 0 Å². The fourth-order valence-corrected chi connectivity index (χ4v) is 3.68. The molecule has 0 spiro atoms. The molecule has 26 heavy (non-hydrogen) atoms. The Morgan fingerprint density at radius 3 is 2.58 bits per heavy atom. The molecule has 132 valence electrons. The maximum atomic E-state index is 13.1. The number of carbonyl (C=O) groups is 1. The van der Waals surface area contributed by atoms with Crippen LogP contribution in [0.3, 0.4) is 0 Å². The van der Waals surface area contributed by atoms with E-state index in [1.54, 1.807) is 6.26 Å². The second-order valence-corrected chi connectivity index (χ2v) is 6.75. The molecule has 1 aliphatic rings. The van der Waals surface area contributed by atoms with Crippen molar-refractivity contribution in [2.24, 2.45) is 0 Å². The van der Waals surface area contributed by atoms with Gasteiger partial charge in [0.2, 0.25) is 0 Å². The summed E-state index contributed by atoms with van der Waals surface area (Å²) in [7, 11) is 0. The number of fused-ring (bicyclic) bond motifs is 1. The van der Waals surface area contributed by atoms with E-state index in [4.69, 9.17) is 4.42 Å². The van der Waals surface area contributed by atoms with Crippen LogP contribution >= 0.6 is 0 Å². The van der Waals surface area contributed by atoms with E-state index >= 15 is 0 Å². The van der Waals surface area contributed by atoms with Crippen molar-refractivity contribution < 1.29 is 14.5 Å². The number of rotatable bonds is 5. The largest absolute Gasteiger partial charge is 0.463 e. The second kappa shape index (κ2) is 7.18. The molecular formula is C22H23N2O2+. The molecule has 0 fully saturated rings. The van der Waals surface area contributed by atoms with E-state index in [1.807, 2.05) is 60.4 Å². The molecule has 0 aliphatic carbocycles. The summed E-state index contributed by atoms with van der Waals surface area (Å²) in [6.45, 7) is 2.73. The molecule has 4 nitrogen and oxygen atoms in total. The summed E-state index contributed by atoms with van der Waals surface area (Å²) in [5.41, 5.74) is 3.43. The summed E-state index contributed by atoms with van der Waals surface area (Å²) in [4.78, 5) is 15.0. The van der Waals surface area contributed by atoms with Gasteiger partial charge in [-0.15, -0.1) is 0 Å². The molecule has 2 heterocycles. The van der Waals surface area contributed by atoms with Gasteiger partial charge in [0.05, 0.1) is 6.26 Å². The van der Waals surface area contributed by atoms with E-state index < -0.39 is 0 Å². The summed E-state index contributed by atoms with van der Waals surface area (Å²) in [5.74, 6) is 1.00. The third-order valence-corrected chi connectivity index (χ3v) is 5.03. The summed E-state index contributed by atoms with van der Waals surface area (Å²) in [6.07, 6.45) is 2.61. The topological polar surface area (TPSA) is 50.1 Å². The zero-order valence-corrected chi connectivity index (χ0v) is 14.8. The van der Waals surface area contributed by atoms with Crippen molar-refractivity contribution in [3.05, 3.63) is 89.9 Å². The number of nitrogens with two attached hydrogens (primary N) is 1. The zero-order valence-electron chi connectivity index (χ0n) is 14.8. The Kier molecular flexibility index (Phi) is 4.59. The minimum atomic E-state index is -0.212. The summed E-state index contributed by atoms with van der Waals surface area (Å²) >= 11 is 0. The lowest BCUT2D eigenvalue weighted by molar-refractivity contribution is -0.706. The third-order valence-electron chi connectivity index (χ3n) is 5.03. The number of carbonyl (C=O) groups excluding carboxylic acids is 1. The molecule has 2 aromatic carbocycles. The van der Waals surface area contributed by atoms with Crippen molar-refractivity contribution in [3.63, 3.8) is 0 Å². The lowest BCUT2D eigenvalue weighted by Gasteiger charge is -2.23. The average molecular weight is 347 g/mol. The molecule has 2 atom stereocenters. The van der Waals surface area contributed by atoms with Crippen LogP contribution in [0, 0.1) is 0 Å². The molecule has 1 amide bonds. The number of hydrogen-bond donors (Lipinski definition) is 1. The van der Waals surface area contributed by atoms with E-state index in [1.165, 1.54) is 5.56 Å². The van der Waals surface area contributed by atoms with Gasteiger partial charge < -0.3 is 14.6 Å². The third kappa shape index (κ3) is 3.16. The molecule has 0 saturated heterocycles. The number of benzene rings is 2. The fraction of sp³-hybridized carbons (Fsp3) is 0.227. The summed E-state index contributed by atoms with van der Waals surface area (Å²) < 4.78 is 5.66. The van der Waals surface area contributed by atoms with Crippen LogP contribution in [0.25, 0.3) is 0 Å². The molecule has 1 aromatic heterocycles. The predicted molar refractivity (Wildman–Crippen MR) is 101 cm³/mol. The molecule has 4 heteroatoms. The van der Waals surface area contributed by atoms with Gasteiger partial charge in [0.15, 0.2) is 17.8 Å². The average Bonchev–Trinajstić information content (AvgIpc) is 3.36. The molecule has 0 unspecified atom stereocenters. The molecular weight excluding hydrogens is 324 g/mol. The number of furan rings is 1. The van der Waals surface area contributed by atoms with Gasteiger partial charge in [0, 0.05) is 17.8 Å². The number of quaternary nitrogens is 1. The van der Waals surface area contributed by atoms with Crippen molar-refractivity contribution in [2.75, 3.05) is 11.4 Å². The molecule has 1 aliphatic heterocycles. The lowest BCUT2D eigenvalue weighted by Crippen LogP contribution is -2.92. The molecule has 0 radical (unpaired) electrons. The van der Waals surface area contributed by atoms with E-state index in [0.717, 1.165) is 30.0 Å². The van der Waals surface area contributed by atoms with Crippen molar-refractivity contribution in [3.8, 4) is 0 Å². The van der Waals surface area contributed by atoms with Crippen LogP contribution in [-0.2, 0) is 11.2 Å². The Hall–Kier alpha value is -2.85. The number of amides is 1. The van der Waals surface area contributed by atoms with Crippen molar-refractivity contribution in [2.45, 2.75) is 25.4 Å². The number of para-hydroxylation sites is 1. The van der Waals surface area contributed by atoms with Crippen LogP contribution < -0.4 is 10.2 Å². The Morgan fingerprint density at radius 2 is 1.81 bits per heavy atom. The lowest BCUT2D eigenvalue weighted by atomic mass is 10.0. The van der Waals surface area contributed by atoms with Crippen molar-refractivity contribution >= 4 is 11.6 Å². The van der Waals surface area contributed by atoms with Gasteiger partial charge >= 0.3 is 0 Å². The first-order valence-corrected chi connectivity index (χ1v) is 9.06. The predicted octanol–water partition coefficient (Wildman–Crippen LogP) is 2.91. The molecule has 3 aromatic rings. The van der Waals surface area contributed by atoms with Crippen LogP contribution in [0.15, 0.2) is 77.4 Å². The Balaban J connectivity index is 1.56. The highest BCUT2D eigenvalue weighted by molar-refractivity contribution is 5.97. The Labute approximate surface area is 153 Å². The van der Waals surface area contributed by atoms with Crippen LogP contribution in [0.5, 0.6) is 0 Å². The van der Waals surface area contributed by atoms with E-state index in [0.29, 0.717) is 0 Å². The van der Waals surface area contributed by atoms with Crippen LogP contribution in [-0.4, -0.2) is 18.5 Å². The fourth-order valence-electron chi connectivity index (χ4n) is 3.68. The first kappa shape index (κ1) is 16.6. The van der Waals surface area contributed by atoms with Gasteiger partial charge in [-0.3, -0.25) is 4.79 Å². The summed E-state index contributed by atoms with van der Waals surface area (Å²) in [6, 6.07) is 22.0. The first-order chi connectivity index (χ1) is 12.7. The highest BCUT2D eigenvalue weighted by Gasteiger charge is 2.32. The minimum Gasteiger partial charge on any atom is -0.463 e. The molecule has 0 saturated carbocycles. The van der Waals surface area contributed by atoms with Gasteiger partial charge in [-0.05, 0) is 37.1 Å². The number of anilines is 1. The normalized spacial score (nSPS) is 15.5. The highest BCUT2D eigenvalue weighted by atomic mass is 16.3. The number of hydrogen-bond acceptors (Lipinski definition) is 2. The van der Waals surface area contributed by atoms with Gasteiger partial charge in [0.25, 0.3) is 5.91 Å². The highest BCUT2D eigenvalue weighted by Crippen LogP contribution is 2.28. The van der Waals surface area contributed by atoms with E-state index in [9.17, 15) is 4.79 Å². The van der Waals surface area contributed by atoms with Gasteiger partial charge in [-0.25, -0.2) is 0 Å². The van der Waals surface area contributed by atoms with E-state index in [2.05, 4.69) is 23.5 Å². The van der Waals surface area contributed by atoms with Crippen molar-refractivity contribution in [1.29, 1.82) is 0 Å². The van der Waals surface area contributed by atoms with Gasteiger partial charge in [-0.1, -0.05) is 48.5 Å². The first-order valence-electron chi connectivity index (χ1n) is 9.06. The zero-order chi connectivity index (χ0) is 17.9. The number of nitrogens with zero attached hydrogens (tertiary/aromatic N) is 1. The Morgan fingerprint density at radius 1 is 1.04 bits per heavy atom. The standard InChI is InChI=1S/C22H22N2O2/c1-16(22(25)24-14-13-17-8-5-6-11-19(17)24)23-21(20-12-7-15-26-20)18-9-3-2-4-10-18/h2-12,15-16,21,23H,13-14H2,1H3/p+1/t16-,21-/m0/s1. The van der Waals surface area contributed by atoms with Gasteiger partial charge in [0.1, 0.15) is 0 Å². The van der Waals surface area contributed by atoms with Gasteiger partial charge in [-0.2, -0.15) is 0 Å². The minimum absolute atomic E-state index is 0.0389. The summed E-state index contributed by atoms with van der Waals surface area (Å²) in [5, 5.41) is 2.09. The maximum Gasteiger partial charge on any atom is 0.284 e. The van der Waals surface area contributed by atoms with Crippen molar-refractivity contribution in [1.82, 2.24) is 0 Å². The maximum absolute atomic E-state index is 13.1. The van der Waals surface area contributed by atoms with Crippen LogP contribution in [0.4, 0.5) is 5.69 Å². The van der Waals surface area contributed by atoms with Crippen LogP contribution in [0.1, 0.15) is 29.9 Å². The molecule has 4 rings (SSSR count). The smallest absolute Gasteiger partial charge is 0.284 e. The second-order valence-electron chi connectivity index (χ2n) is 6.75. The SMILES string of the molecule is C[C@H]([NH2+][C@@H](c1ccccc1)c1ccco1)C(=O)N1CCc2ccccc21. The molecule has 2 N–H and O–H groups in total. The molecule has 0 bridgehead atoms. The monoisotopic (exact) mass is 347 g/mol.